The Labute approximate surface area is 123 Å². The Kier molecular flexibility index (Phi) is 6.70. The lowest BCUT2D eigenvalue weighted by Gasteiger charge is -2.09. The van der Waals surface area contributed by atoms with Crippen molar-refractivity contribution >= 4 is 23.3 Å². The molecule has 2 rings (SSSR count). The third-order valence-electron chi connectivity index (χ3n) is 2.95. The summed E-state index contributed by atoms with van der Waals surface area (Å²) in [5, 5.41) is 4.70. The standard InChI is InChI=1S/C14H20N2O3S/c17-14(5-4-12-10-20-11-16-12)15-6-2-7-18-9-13-3-1-8-19-13/h4-5,10-11,13H,1-3,6-9H2,(H,15,17)/b5-4+/t13-/m0/s1. The van der Waals surface area contributed by atoms with Gasteiger partial charge in [-0.05, 0) is 25.3 Å². The minimum absolute atomic E-state index is 0.0999. The quantitative estimate of drug-likeness (QED) is 0.587. The summed E-state index contributed by atoms with van der Waals surface area (Å²) in [6, 6.07) is 0. The second-order valence-corrected chi connectivity index (χ2v) is 5.32. The summed E-state index contributed by atoms with van der Waals surface area (Å²) in [6.45, 7) is 2.79. The maximum absolute atomic E-state index is 11.5. The molecular weight excluding hydrogens is 276 g/mol. The van der Waals surface area contributed by atoms with Crippen LogP contribution < -0.4 is 5.32 Å². The lowest BCUT2D eigenvalue weighted by Crippen LogP contribution is -2.23. The summed E-state index contributed by atoms with van der Waals surface area (Å²) >= 11 is 1.51. The minimum Gasteiger partial charge on any atom is -0.379 e. The molecular formula is C14H20N2O3S. The first-order valence-electron chi connectivity index (χ1n) is 6.88. The molecule has 1 aromatic rings. The number of hydrogen-bond acceptors (Lipinski definition) is 5. The lowest BCUT2D eigenvalue weighted by atomic mass is 10.2. The molecule has 0 saturated carbocycles. The molecule has 5 nitrogen and oxygen atoms in total. The molecule has 1 aliphatic rings. The van der Waals surface area contributed by atoms with E-state index in [0.717, 1.165) is 31.6 Å². The van der Waals surface area contributed by atoms with E-state index in [4.69, 9.17) is 9.47 Å². The van der Waals surface area contributed by atoms with Crippen molar-refractivity contribution in [1.82, 2.24) is 10.3 Å². The topological polar surface area (TPSA) is 60.5 Å². The number of carbonyl (C=O) groups excluding carboxylic acids is 1. The van der Waals surface area contributed by atoms with Gasteiger partial charge in [0.2, 0.25) is 5.91 Å². The summed E-state index contributed by atoms with van der Waals surface area (Å²) in [4.78, 5) is 15.6. The number of amides is 1. The molecule has 0 unspecified atom stereocenters. The van der Waals surface area contributed by atoms with Crippen LogP contribution in [0, 0.1) is 0 Å². The van der Waals surface area contributed by atoms with Crippen LogP contribution >= 0.6 is 11.3 Å². The highest BCUT2D eigenvalue weighted by molar-refractivity contribution is 7.07. The normalized spacial score (nSPS) is 18.7. The van der Waals surface area contributed by atoms with Gasteiger partial charge in [0.25, 0.3) is 0 Å². The van der Waals surface area contributed by atoms with Crippen LogP contribution in [0.2, 0.25) is 0 Å². The highest BCUT2D eigenvalue weighted by Gasteiger charge is 2.14. The smallest absolute Gasteiger partial charge is 0.244 e. The second kappa shape index (κ2) is 8.84. The Morgan fingerprint density at radius 3 is 3.35 bits per heavy atom. The Hall–Kier alpha value is -1.24. The van der Waals surface area contributed by atoms with Gasteiger partial charge in [0.1, 0.15) is 0 Å². The van der Waals surface area contributed by atoms with Crippen molar-refractivity contribution in [1.29, 1.82) is 0 Å². The third kappa shape index (κ3) is 5.81. The number of carbonyl (C=O) groups is 1. The van der Waals surface area contributed by atoms with E-state index in [1.165, 1.54) is 17.4 Å². The van der Waals surface area contributed by atoms with E-state index in [-0.39, 0.29) is 12.0 Å². The van der Waals surface area contributed by atoms with Gasteiger partial charge in [0.05, 0.1) is 23.9 Å². The van der Waals surface area contributed by atoms with E-state index in [2.05, 4.69) is 10.3 Å². The Bertz CT molecular complexity index is 414. The van der Waals surface area contributed by atoms with Gasteiger partial charge in [-0.15, -0.1) is 11.3 Å². The number of nitrogens with zero attached hydrogens (tertiary/aromatic N) is 1. The fraction of sp³-hybridized carbons (Fsp3) is 0.571. The first-order valence-corrected chi connectivity index (χ1v) is 7.82. The van der Waals surface area contributed by atoms with Crippen LogP contribution in [0.1, 0.15) is 25.0 Å². The molecule has 2 heterocycles. The maximum Gasteiger partial charge on any atom is 0.244 e. The average molecular weight is 296 g/mol. The van der Waals surface area contributed by atoms with Gasteiger partial charge in [-0.2, -0.15) is 0 Å². The predicted octanol–water partition coefficient (Wildman–Crippen LogP) is 1.86. The van der Waals surface area contributed by atoms with Gasteiger partial charge in [-0.25, -0.2) is 4.98 Å². The molecule has 6 heteroatoms. The molecule has 1 N–H and O–H groups in total. The Morgan fingerprint density at radius 2 is 2.60 bits per heavy atom. The minimum atomic E-state index is -0.0999. The molecule has 0 aromatic carbocycles. The number of hydrogen-bond donors (Lipinski definition) is 1. The van der Waals surface area contributed by atoms with Crippen molar-refractivity contribution in [3.05, 3.63) is 22.7 Å². The van der Waals surface area contributed by atoms with E-state index in [0.29, 0.717) is 19.8 Å². The summed E-state index contributed by atoms with van der Waals surface area (Å²) in [7, 11) is 0. The van der Waals surface area contributed by atoms with Crippen molar-refractivity contribution in [3.63, 3.8) is 0 Å². The highest BCUT2D eigenvalue weighted by Crippen LogP contribution is 2.11. The molecule has 1 aliphatic heterocycles. The number of ether oxygens (including phenoxy) is 2. The largest absolute Gasteiger partial charge is 0.379 e. The van der Waals surface area contributed by atoms with E-state index in [1.54, 1.807) is 11.6 Å². The van der Waals surface area contributed by atoms with E-state index < -0.39 is 0 Å². The SMILES string of the molecule is O=C(/C=C/c1cscn1)NCCCOC[C@@H]1CCCO1. The van der Waals surface area contributed by atoms with Gasteiger partial charge in [0, 0.05) is 31.2 Å². The van der Waals surface area contributed by atoms with Gasteiger partial charge in [-0.1, -0.05) is 0 Å². The van der Waals surface area contributed by atoms with Gasteiger partial charge in [-0.3, -0.25) is 4.79 Å². The monoisotopic (exact) mass is 296 g/mol. The molecule has 20 heavy (non-hydrogen) atoms. The van der Waals surface area contributed by atoms with Crippen molar-refractivity contribution in [3.8, 4) is 0 Å². The first-order chi connectivity index (χ1) is 9.84. The number of thiazole rings is 1. The van der Waals surface area contributed by atoms with Crippen molar-refractivity contribution in [2.75, 3.05) is 26.4 Å². The summed E-state index contributed by atoms with van der Waals surface area (Å²) in [6.07, 6.45) is 6.52. The van der Waals surface area contributed by atoms with Crippen LogP contribution in [-0.4, -0.2) is 43.4 Å². The zero-order chi connectivity index (χ0) is 14.0. The Balaban J connectivity index is 1.47. The van der Waals surface area contributed by atoms with Gasteiger partial charge in [0.15, 0.2) is 0 Å². The van der Waals surface area contributed by atoms with Gasteiger partial charge >= 0.3 is 0 Å². The predicted molar refractivity (Wildman–Crippen MR) is 78.6 cm³/mol. The van der Waals surface area contributed by atoms with Crippen LogP contribution in [0.4, 0.5) is 0 Å². The summed E-state index contributed by atoms with van der Waals surface area (Å²) in [5.74, 6) is -0.0999. The highest BCUT2D eigenvalue weighted by atomic mass is 32.1. The fourth-order valence-corrected chi connectivity index (χ4v) is 2.42. The van der Waals surface area contributed by atoms with E-state index in [9.17, 15) is 4.79 Å². The second-order valence-electron chi connectivity index (χ2n) is 4.60. The molecule has 1 saturated heterocycles. The summed E-state index contributed by atoms with van der Waals surface area (Å²) in [5.41, 5.74) is 2.55. The molecule has 1 amide bonds. The van der Waals surface area contributed by atoms with Crippen LogP contribution in [0.15, 0.2) is 17.0 Å². The third-order valence-corrected chi connectivity index (χ3v) is 3.55. The number of aromatic nitrogens is 1. The van der Waals surface area contributed by atoms with E-state index >= 15 is 0 Å². The number of rotatable bonds is 8. The number of nitrogens with one attached hydrogen (secondary N) is 1. The zero-order valence-electron chi connectivity index (χ0n) is 11.4. The van der Waals surface area contributed by atoms with E-state index in [1.807, 2.05) is 5.38 Å². The molecule has 0 bridgehead atoms. The molecule has 0 radical (unpaired) electrons. The van der Waals surface area contributed by atoms with Crippen molar-refractivity contribution in [2.45, 2.75) is 25.4 Å². The fourth-order valence-electron chi connectivity index (χ4n) is 1.90. The molecule has 0 aliphatic carbocycles. The van der Waals surface area contributed by atoms with Crippen LogP contribution in [0.5, 0.6) is 0 Å². The van der Waals surface area contributed by atoms with Crippen LogP contribution in [0.25, 0.3) is 6.08 Å². The molecule has 1 fully saturated rings. The van der Waals surface area contributed by atoms with Crippen molar-refractivity contribution < 1.29 is 14.3 Å². The van der Waals surface area contributed by atoms with Crippen LogP contribution in [-0.2, 0) is 14.3 Å². The molecule has 0 spiro atoms. The van der Waals surface area contributed by atoms with Gasteiger partial charge < -0.3 is 14.8 Å². The Morgan fingerprint density at radius 1 is 1.65 bits per heavy atom. The molecule has 1 aromatic heterocycles. The van der Waals surface area contributed by atoms with Crippen molar-refractivity contribution in [2.24, 2.45) is 0 Å². The molecule has 1 atom stereocenters. The molecule has 110 valence electrons. The average Bonchev–Trinajstić information content (AvgIpc) is 3.13. The summed E-state index contributed by atoms with van der Waals surface area (Å²) < 4.78 is 11.0. The zero-order valence-corrected chi connectivity index (χ0v) is 12.2. The maximum atomic E-state index is 11.5. The van der Waals surface area contributed by atoms with Crippen LogP contribution in [0.3, 0.4) is 0 Å². The lowest BCUT2D eigenvalue weighted by molar-refractivity contribution is -0.116. The first kappa shape index (κ1) is 15.2.